The Bertz CT molecular complexity index is 1250. The standard InChI is InChI=1S/C29H39N3O7/c1-8-11-28(2,3)30-27(38)21-24(35)22(32(6)7)16-13-14-12-15-17(31(4)5)9-10-18(33)20(15)23(34)19(14)25(36)29(16,39)26(21)37/h9-10,14,16,19,21-22,33,39H,8,11-13H2,1-7H3,(H,30,38)/t14-,16-,19?,21?,22-,29-/m0/s1. The van der Waals surface area contributed by atoms with Gasteiger partial charge in [-0.1, -0.05) is 13.3 Å². The van der Waals surface area contributed by atoms with Crippen LogP contribution in [0.15, 0.2) is 12.1 Å². The molecule has 4 rings (SSSR count). The molecule has 0 saturated heterocycles. The molecule has 2 fully saturated rings. The average Bonchev–Trinajstić information content (AvgIpc) is 2.80. The average molecular weight is 542 g/mol. The molecule has 0 heterocycles. The molecule has 0 spiro atoms. The van der Waals surface area contributed by atoms with Crippen LogP contribution in [0.4, 0.5) is 5.69 Å². The third-order valence-corrected chi connectivity index (χ3v) is 8.72. The molecule has 3 aliphatic carbocycles. The third kappa shape index (κ3) is 4.37. The fraction of sp³-hybridized carbons (Fsp3) is 0.621. The van der Waals surface area contributed by atoms with E-state index in [1.165, 1.54) is 11.0 Å². The van der Waals surface area contributed by atoms with E-state index in [-0.39, 0.29) is 24.2 Å². The maximum atomic E-state index is 14.1. The third-order valence-electron chi connectivity index (χ3n) is 8.72. The zero-order chi connectivity index (χ0) is 29.2. The highest BCUT2D eigenvalue weighted by Crippen LogP contribution is 2.51. The zero-order valence-electron chi connectivity index (χ0n) is 23.7. The van der Waals surface area contributed by atoms with Crippen molar-refractivity contribution < 1.29 is 34.2 Å². The Balaban J connectivity index is 1.81. The number of likely N-dealkylation sites (N-methyl/N-ethyl adjacent to an activating group) is 1. The number of nitrogens with zero attached hydrogens (tertiary/aromatic N) is 2. The number of hydrogen-bond donors (Lipinski definition) is 3. The zero-order valence-corrected chi connectivity index (χ0v) is 23.7. The number of nitrogens with one attached hydrogen (secondary N) is 1. The van der Waals surface area contributed by atoms with Crippen LogP contribution in [0.5, 0.6) is 5.75 Å². The van der Waals surface area contributed by atoms with Crippen LogP contribution in [-0.4, -0.2) is 89.5 Å². The first-order chi connectivity index (χ1) is 18.1. The molecule has 1 amide bonds. The second-order valence-electron chi connectivity index (χ2n) is 12.4. The van der Waals surface area contributed by atoms with Crippen LogP contribution in [-0.2, 0) is 25.6 Å². The molecule has 10 heteroatoms. The van der Waals surface area contributed by atoms with Crippen LogP contribution in [0.3, 0.4) is 0 Å². The molecule has 10 nitrogen and oxygen atoms in total. The van der Waals surface area contributed by atoms with E-state index in [0.29, 0.717) is 17.7 Å². The fourth-order valence-corrected chi connectivity index (χ4v) is 7.08. The van der Waals surface area contributed by atoms with E-state index in [9.17, 15) is 34.2 Å². The van der Waals surface area contributed by atoms with Crippen LogP contribution >= 0.6 is 0 Å². The Morgan fingerprint density at radius 3 is 2.31 bits per heavy atom. The van der Waals surface area contributed by atoms with Gasteiger partial charge in [0.2, 0.25) is 5.91 Å². The summed E-state index contributed by atoms with van der Waals surface area (Å²) < 4.78 is 0. The number of carbonyl (C=O) groups excluding carboxylic acids is 5. The highest BCUT2D eigenvalue weighted by molar-refractivity contribution is 6.32. The Morgan fingerprint density at radius 2 is 1.74 bits per heavy atom. The normalized spacial score (nSPS) is 30.5. The maximum Gasteiger partial charge on any atom is 0.238 e. The summed E-state index contributed by atoms with van der Waals surface area (Å²) in [6.07, 6.45) is 1.65. The van der Waals surface area contributed by atoms with E-state index in [0.717, 1.165) is 6.42 Å². The van der Waals surface area contributed by atoms with Gasteiger partial charge in [-0.3, -0.25) is 28.9 Å². The molecule has 0 aromatic heterocycles. The van der Waals surface area contributed by atoms with Crippen LogP contribution < -0.4 is 10.2 Å². The van der Waals surface area contributed by atoms with E-state index >= 15 is 0 Å². The molecular weight excluding hydrogens is 502 g/mol. The first-order valence-corrected chi connectivity index (χ1v) is 13.5. The molecular formula is C29H39N3O7. The molecule has 39 heavy (non-hydrogen) atoms. The highest BCUT2D eigenvalue weighted by Gasteiger charge is 2.69. The number of fused-ring (bicyclic) bond motifs is 3. The number of phenolic OH excluding ortho intramolecular Hbond substituents is 1. The van der Waals surface area contributed by atoms with Gasteiger partial charge in [-0.2, -0.15) is 0 Å². The highest BCUT2D eigenvalue weighted by atomic mass is 16.3. The number of Topliss-reactive ketones (excluding diaryl/α,β-unsaturated/α-hetero) is 4. The van der Waals surface area contributed by atoms with Crippen LogP contribution in [0.25, 0.3) is 0 Å². The number of ketones is 4. The lowest BCUT2D eigenvalue weighted by Gasteiger charge is -2.52. The number of carbonyl (C=O) groups is 5. The molecule has 1 aromatic carbocycles. The predicted molar refractivity (Wildman–Crippen MR) is 144 cm³/mol. The Kier molecular flexibility index (Phi) is 7.27. The van der Waals surface area contributed by atoms with Crippen LogP contribution in [0.1, 0.15) is 56.0 Å². The van der Waals surface area contributed by atoms with Gasteiger partial charge in [0.1, 0.15) is 5.75 Å². The van der Waals surface area contributed by atoms with Gasteiger partial charge in [-0.15, -0.1) is 0 Å². The number of phenols is 1. The van der Waals surface area contributed by atoms with Crippen molar-refractivity contribution in [3.05, 3.63) is 23.3 Å². The van der Waals surface area contributed by atoms with Gasteiger partial charge in [0, 0.05) is 31.2 Å². The minimum absolute atomic E-state index is 0.0111. The SMILES string of the molecule is CCCC(C)(C)NC(=O)C1C(=O)[C@@H](N(C)C)[C@@H]2C[C@@H]3Cc4c(N(C)C)ccc(O)c4C(=O)C3C(=O)[C@]2(O)C1=O. The van der Waals surface area contributed by atoms with Crippen molar-refractivity contribution >= 4 is 34.7 Å². The van der Waals surface area contributed by atoms with Crippen LogP contribution in [0, 0.1) is 23.7 Å². The number of anilines is 1. The lowest BCUT2D eigenvalue weighted by atomic mass is 9.52. The molecule has 6 atom stereocenters. The summed E-state index contributed by atoms with van der Waals surface area (Å²) in [5.74, 6) is -9.57. The van der Waals surface area contributed by atoms with Gasteiger partial charge in [-0.05, 0) is 70.8 Å². The van der Waals surface area contributed by atoms with E-state index in [1.54, 1.807) is 34.0 Å². The van der Waals surface area contributed by atoms with Gasteiger partial charge in [0.25, 0.3) is 0 Å². The molecule has 3 N–H and O–H groups in total. The Hall–Kier alpha value is -3.11. The van der Waals surface area contributed by atoms with Gasteiger partial charge in [0.05, 0.1) is 17.5 Å². The Labute approximate surface area is 228 Å². The Morgan fingerprint density at radius 1 is 1.10 bits per heavy atom. The molecule has 212 valence electrons. The van der Waals surface area contributed by atoms with E-state index in [4.69, 9.17) is 0 Å². The molecule has 0 bridgehead atoms. The van der Waals surface area contributed by atoms with Crippen molar-refractivity contribution in [2.45, 2.75) is 63.6 Å². The minimum Gasteiger partial charge on any atom is -0.507 e. The first kappa shape index (κ1) is 28.9. The number of amides is 1. The second-order valence-corrected chi connectivity index (χ2v) is 12.4. The summed E-state index contributed by atoms with van der Waals surface area (Å²) in [4.78, 5) is 72.1. The lowest BCUT2D eigenvalue weighted by Crippen LogP contribution is -2.74. The molecule has 0 radical (unpaired) electrons. The van der Waals surface area contributed by atoms with Crippen molar-refractivity contribution in [3.63, 3.8) is 0 Å². The topological polar surface area (TPSA) is 144 Å². The summed E-state index contributed by atoms with van der Waals surface area (Å²) in [6.45, 7) is 5.49. The maximum absolute atomic E-state index is 14.1. The van der Waals surface area contributed by atoms with E-state index < -0.39 is 69.9 Å². The smallest absolute Gasteiger partial charge is 0.238 e. The van der Waals surface area contributed by atoms with E-state index in [2.05, 4.69) is 5.32 Å². The number of rotatable bonds is 6. The summed E-state index contributed by atoms with van der Waals surface area (Å²) >= 11 is 0. The second kappa shape index (κ2) is 9.82. The van der Waals surface area contributed by atoms with Crippen molar-refractivity contribution in [2.75, 3.05) is 33.1 Å². The summed E-state index contributed by atoms with van der Waals surface area (Å²) in [5, 5.41) is 25.3. The molecule has 2 unspecified atom stereocenters. The van der Waals surface area contributed by atoms with Crippen molar-refractivity contribution in [1.29, 1.82) is 0 Å². The van der Waals surface area contributed by atoms with Gasteiger partial charge in [0.15, 0.2) is 34.7 Å². The minimum atomic E-state index is -2.69. The predicted octanol–water partition coefficient (Wildman–Crippen LogP) is 1.14. The van der Waals surface area contributed by atoms with Crippen LogP contribution in [0.2, 0.25) is 0 Å². The van der Waals surface area contributed by atoms with Crippen molar-refractivity contribution in [3.8, 4) is 5.75 Å². The fourth-order valence-electron chi connectivity index (χ4n) is 7.08. The molecule has 2 saturated carbocycles. The largest absolute Gasteiger partial charge is 0.507 e. The van der Waals surface area contributed by atoms with Gasteiger partial charge < -0.3 is 20.4 Å². The molecule has 3 aliphatic rings. The quantitative estimate of drug-likeness (QED) is 0.452. The number of hydrogen-bond acceptors (Lipinski definition) is 9. The summed E-state index contributed by atoms with van der Waals surface area (Å²) in [5.41, 5.74) is -2.09. The summed E-state index contributed by atoms with van der Waals surface area (Å²) in [6, 6.07) is 2.00. The molecule has 1 aromatic rings. The van der Waals surface area contributed by atoms with Gasteiger partial charge in [-0.25, -0.2) is 0 Å². The van der Waals surface area contributed by atoms with Crippen molar-refractivity contribution in [1.82, 2.24) is 10.2 Å². The van der Waals surface area contributed by atoms with E-state index in [1.807, 2.05) is 25.9 Å². The van der Waals surface area contributed by atoms with Crippen molar-refractivity contribution in [2.24, 2.45) is 23.7 Å². The number of aliphatic hydroxyl groups is 1. The lowest BCUT2D eigenvalue weighted by molar-refractivity contribution is -0.181. The molecule has 0 aliphatic heterocycles. The number of benzene rings is 1. The first-order valence-electron chi connectivity index (χ1n) is 13.5. The number of aromatic hydroxyl groups is 1. The van der Waals surface area contributed by atoms with Gasteiger partial charge >= 0.3 is 0 Å². The summed E-state index contributed by atoms with van der Waals surface area (Å²) in [7, 11) is 6.83. The monoisotopic (exact) mass is 541 g/mol.